The lowest BCUT2D eigenvalue weighted by molar-refractivity contribution is 0.300. The zero-order valence-corrected chi connectivity index (χ0v) is 18.6. The summed E-state index contributed by atoms with van der Waals surface area (Å²) >= 11 is 0. The molecule has 3 aromatic carbocycles. The molecule has 1 N–H and O–H groups in total. The first-order chi connectivity index (χ1) is 14.9. The molecule has 1 aliphatic heterocycles. The van der Waals surface area contributed by atoms with Crippen molar-refractivity contribution in [2.45, 2.75) is 20.5 Å². The van der Waals surface area contributed by atoms with E-state index < -0.39 is 10.0 Å². The average Bonchev–Trinajstić information content (AvgIpc) is 2.89. The smallest absolute Gasteiger partial charge is 0.229 e. The van der Waals surface area contributed by atoms with E-state index in [0.717, 1.165) is 51.2 Å². The first kappa shape index (κ1) is 21.0. The van der Waals surface area contributed by atoms with Gasteiger partial charge in [-0.1, -0.05) is 36.4 Å². The first-order valence-corrected chi connectivity index (χ1v) is 12.0. The zero-order valence-electron chi connectivity index (χ0n) is 17.8. The zero-order chi connectivity index (χ0) is 22.0. The number of hydrogen-bond acceptors (Lipinski definition) is 4. The highest BCUT2D eigenvalue weighted by Gasteiger charge is 2.22. The van der Waals surface area contributed by atoms with E-state index in [9.17, 15) is 8.42 Å². The molecular formula is C25H25NO4S. The van der Waals surface area contributed by atoms with E-state index in [-0.39, 0.29) is 0 Å². The van der Waals surface area contributed by atoms with Crippen LogP contribution in [-0.2, 0) is 16.6 Å². The van der Waals surface area contributed by atoms with Crippen molar-refractivity contribution in [3.63, 3.8) is 0 Å². The van der Waals surface area contributed by atoms with Crippen molar-refractivity contribution in [1.82, 2.24) is 0 Å². The molecule has 1 heterocycles. The predicted octanol–water partition coefficient (Wildman–Crippen LogP) is 5.33. The molecule has 5 nitrogen and oxygen atoms in total. The lowest BCUT2D eigenvalue weighted by Gasteiger charge is -2.16. The van der Waals surface area contributed by atoms with Crippen LogP contribution in [0.1, 0.15) is 36.1 Å². The van der Waals surface area contributed by atoms with E-state index >= 15 is 0 Å². The molecule has 0 aliphatic carbocycles. The molecule has 0 saturated heterocycles. The summed E-state index contributed by atoms with van der Waals surface area (Å²) in [5.74, 6) is 1.53. The third-order valence-electron chi connectivity index (χ3n) is 5.18. The van der Waals surface area contributed by atoms with E-state index in [1.807, 2.05) is 55.5 Å². The fraction of sp³-hybridized carbons (Fsp3) is 0.200. The maximum absolute atomic E-state index is 11.7. The molecule has 3 aromatic rings. The van der Waals surface area contributed by atoms with Gasteiger partial charge in [0, 0.05) is 17.3 Å². The van der Waals surface area contributed by atoms with Crippen molar-refractivity contribution < 1.29 is 17.9 Å². The van der Waals surface area contributed by atoms with Crippen LogP contribution in [0, 0.1) is 0 Å². The number of allylic oxidation sites excluding steroid dienone is 1. The van der Waals surface area contributed by atoms with Gasteiger partial charge in [-0.15, -0.1) is 0 Å². The molecule has 0 bridgehead atoms. The highest BCUT2D eigenvalue weighted by molar-refractivity contribution is 7.92. The third-order valence-corrected chi connectivity index (χ3v) is 5.78. The maximum Gasteiger partial charge on any atom is 0.229 e. The first-order valence-electron chi connectivity index (χ1n) is 10.1. The summed E-state index contributed by atoms with van der Waals surface area (Å²) in [5, 5.41) is 0. The Balaban J connectivity index is 1.92. The fourth-order valence-corrected chi connectivity index (χ4v) is 4.41. The quantitative estimate of drug-likeness (QED) is 0.588. The van der Waals surface area contributed by atoms with Crippen LogP contribution in [0.5, 0.6) is 11.5 Å². The largest absolute Gasteiger partial charge is 0.494 e. The van der Waals surface area contributed by atoms with E-state index in [1.54, 1.807) is 6.07 Å². The summed E-state index contributed by atoms with van der Waals surface area (Å²) < 4.78 is 37.8. The summed E-state index contributed by atoms with van der Waals surface area (Å²) in [6.45, 7) is 5.05. The SMILES string of the molecule is CCOc1ccc2c(c1)OCc1ccccc1/C2=C(\C)c1cccc(NS(C)(=O)=O)c1. The van der Waals surface area contributed by atoms with Crippen LogP contribution in [0.25, 0.3) is 11.1 Å². The van der Waals surface area contributed by atoms with Gasteiger partial charge in [-0.25, -0.2) is 8.42 Å². The van der Waals surface area contributed by atoms with Gasteiger partial charge in [0.2, 0.25) is 10.0 Å². The molecule has 0 aromatic heterocycles. The lowest BCUT2D eigenvalue weighted by atomic mass is 9.88. The Morgan fingerprint density at radius 3 is 2.61 bits per heavy atom. The normalized spacial score (nSPS) is 14.5. The minimum absolute atomic E-state index is 0.463. The molecule has 0 amide bonds. The molecule has 1 aliphatic rings. The van der Waals surface area contributed by atoms with Crippen LogP contribution in [0.3, 0.4) is 0 Å². The number of hydrogen-bond donors (Lipinski definition) is 1. The number of fused-ring (bicyclic) bond motifs is 2. The monoisotopic (exact) mass is 435 g/mol. The third kappa shape index (κ3) is 4.59. The van der Waals surface area contributed by atoms with Crippen LogP contribution >= 0.6 is 0 Å². The number of ether oxygens (including phenoxy) is 2. The standard InChI is InChI=1S/C25H25NO4S/c1-4-29-21-12-13-23-24(15-21)30-16-19-8-5-6-11-22(19)25(23)17(2)18-9-7-10-20(14-18)26-31(3,27)28/h5-15,26H,4,16H2,1-3H3/b25-17-. The Hall–Kier alpha value is -3.25. The summed E-state index contributed by atoms with van der Waals surface area (Å²) in [5.41, 5.74) is 6.72. The van der Waals surface area contributed by atoms with Gasteiger partial charge in [0.05, 0.1) is 12.9 Å². The van der Waals surface area contributed by atoms with Crippen LogP contribution in [0.4, 0.5) is 5.69 Å². The molecule has 0 radical (unpaired) electrons. The minimum atomic E-state index is -3.36. The number of benzene rings is 3. The maximum atomic E-state index is 11.7. The Morgan fingerprint density at radius 2 is 1.84 bits per heavy atom. The second kappa shape index (κ2) is 8.47. The highest BCUT2D eigenvalue weighted by Crippen LogP contribution is 2.42. The summed E-state index contributed by atoms with van der Waals surface area (Å²) in [6.07, 6.45) is 1.15. The molecule has 6 heteroatoms. The van der Waals surface area contributed by atoms with Gasteiger partial charge in [-0.05, 0) is 65.9 Å². The van der Waals surface area contributed by atoms with E-state index in [4.69, 9.17) is 9.47 Å². The van der Waals surface area contributed by atoms with E-state index in [0.29, 0.717) is 18.9 Å². The van der Waals surface area contributed by atoms with Crippen molar-refractivity contribution in [2.75, 3.05) is 17.6 Å². The second-order valence-electron chi connectivity index (χ2n) is 7.49. The molecule has 4 rings (SSSR count). The Bertz CT molecular complexity index is 1260. The van der Waals surface area contributed by atoms with Gasteiger partial charge in [-0.3, -0.25) is 4.72 Å². The van der Waals surface area contributed by atoms with E-state index in [2.05, 4.69) is 23.8 Å². The van der Waals surface area contributed by atoms with Gasteiger partial charge in [0.1, 0.15) is 18.1 Å². The number of sulfonamides is 1. The summed E-state index contributed by atoms with van der Waals surface area (Å²) in [7, 11) is -3.36. The van der Waals surface area contributed by atoms with Crippen LogP contribution in [0.15, 0.2) is 66.7 Å². The Morgan fingerprint density at radius 1 is 1.03 bits per heavy atom. The Kier molecular flexibility index (Phi) is 5.74. The molecular weight excluding hydrogens is 410 g/mol. The molecule has 0 unspecified atom stereocenters. The molecule has 160 valence electrons. The van der Waals surface area contributed by atoms with Crippen LogP contribution < -0.4 is 14.2 Å². The fourth-order valence-electron chi connectivity index (χ4n) is 3.85. The van der Waals surface area contributed by atoms with Crippen LogP contribution in [0.2, 0.25) is 0 Å². The van der Waals surface area contributed by atoms with Crippen molar-refractivity contribution in [3.05, 3.63) is 89.0 Å². The van der Waals surface area contributed by atoms with Gasteiger partial charge < -0.3 is 9.47 Å². The topological polar surface area (TPSA) is 64.6 Å². The molecule has 0 fully saturated rings. The van der Waals surface area contributed by atoms with Crippen molar-refractivity contribution in [3.8, 4) is 11.5 Å². The highest BCUT2D eigenvalue weighted by atomic mass is 32.2. The molecule has 0 atom stereocenters. The molecule has 31 heavy (non-hydrogen) atoms. The van der Waals surface area contributed by atoms with Crippen LogP contribution in [-0.4, -0.2) is 21.3 Å². The van der Waals surface area contributed by atoms with Gasteiger partial charge >= 0.3 is 0 Å². The minimum Gasteiger partial charge on any atom is -0.494 e. The summed E-state index contributed by atoms with van der Waals surface area (Å²) in [4.78, 5) is 0. The predicted molar refractivity (Wildman–Crippen MR) is 125 cm³/mol. The summed E-state index contributed by atoms with van der Waals surface area (Å²) in [6, 6.07) is 21.5. The van der Waals surface area contributed by atoms with Crippen molar-refractivity contribution >= 4 is 26.9 Å². The average molecular weight is 436 g/mol. The Labute approximate surface area is 183 Å². The van der Waals surface area contributed by atoms with Crippen molar-refractivity contribution in [1.29, 1.82) is 0 Å². The lowest BCUT2D eigenvalue weighted by Crippen LogP contribution is -2.09. The van der Waals surface area contributed by atoms with E-state index in [1.165, 1.54) is 0 Å². The van der Waals surface area contributed by atoms with Gasteiger partial charge in [0.25, 0.3) is 0 Å². The van der Waals surface area contributed by atoms with Gasteiger partial charge in [0.15, 0.2) is 0 Å². The number of nitrogens with one attached hydrogen (secondary N) is 1. The number of rotatable bonds is 5. The number of anilines is 1. The van der Waals surface area contributed by atoms with Gasteiger partial charge in [-0.2, -0.15) is 0 Å². The second-order valence-corrected chi connectivity index (χ2v) is 9.24. The van der Waals surface area contributed by atoms with Crippen molar-refractivity contribution in [2.24, 2.45) is 0 Å². The molecule has 0 saturated carbocycles. The molecule has 0 spiro atoms.